The van der Waals surface area contributed by atoms with E-state index in [-0.39, 0.29) is 0 Å². The number of aliphatic imine (C=N–C) groups is 1. The highest BCUT2D eigenvalue weighted by Crippen LogP contribution is 2.27. The van der Waals surface area contributed by atoms with E-state index >= 15 is 0 Å². The number of imidazole rings is 1. The number of anilines is 1. The van der Waals surface area contributed by atoms with Crippen molar-refractivity contribution in [2.24, 2.45) is 4.99 Å². The predicted molar refractivity (Wildman–Crippen MR) is 112 cm³/mol. The third-order valence-electron chi connectivity index (χ3n) is 4.56. The highest BCUT2D eigenvalue weighted by atomic mass is 16.3. The Balaban J connectivity index is 0.000000162. The SMILES string of the molecule is Nc1nc2ccccc2[nH]1.OC1(c2ccccc2)NCN=C1c1ccccc1. The maximum Gasteiger partial charge on any atom is 0.198 e. The molecule has 1 aliphatic heterocycles. The first-order valence-corrected chi connectivity index (χ1v) is 9.00. The molecule has 0 saturated heterocycles. The van der Waals surface area contributed by atoms with Gasteiger partial charge in [-0.3, -0.25) is 10.3 Å². The minimum atomic E-state index is -1.19. The molecule has 4 aromatic rings. The van der Waals surface area contributed by atoms with Crippen LogP contribution in [0.2, 0.25) is 0 Å². The summed E-state index contributed by atoms with van der Waals surface area (Å²) in [6.45, 7) is 0.426. The van der Waals surface area contributed by atoms with Crippen LogP contribution in [0.5, 0.6) is 0 Å². The Kier molecular flexibility index (Phi) is 4.89. The second kappa shape index (κ2) is 7.64. The van der Waals surface area contributed by atoms with Crippen molar-refractivity contribution in [3.05, 3.63) is 96.1 Å². The third-order valence-corrected chi connectivity index (χ3v) is 4.56. The summed E-state index contributed by atoms with van der Waals surface area (Å²) < 4.78 is 0. The third kappa shape index (κ3) is 3.51. The number of hydrogen-bond donors (Lipinski definition) is 4. The summed E-state index contributed by atoms with van der Waals surface area (Å²) in [5, 5.41) is 13.9. The van der Waals surface area contributed by atoms with Crippen molar-refractivity contribution in [3.63, 3.8) is 0 Å². The zero-order valence-corrected chi connectivity index (χ0v) is 15.2. The summed E-state index contributed by atoms with van der Waals surface area (Å²) in [5.41, 5.74) is 8.56. The Morgan fingerprint density at radius 2 is 1.50 bits per heavy atom. The van der Waals surface area contributed by atoms with Gasteiger partial charge in [0.1, 0.15) is 0 Å². The van der Waals surface area contributed by atoms with Crippen LogP contribution in [0.15, 0.2) is 89.9 Å². The molecule has 0 fully saturated rings. The number of aliphatic hydroxyl groups is 1. The number of fused-ring (bicyclic) bond motifs is 1. The Bertz CT molecular complexity index is 1060. The molecule has 1 aliphatic rings. The summed E-state index contributed by atoms with van der Waals surface area (Å²) >= 11 is 0. The lowest BCUT2D eigenvalue weighted by Crippen LogP contribution is -2.44. The van der Waals surface area contributed by atoms with Gasteiger partial charge >= 0.3 is 0 Å². The number of H-pyrrole nitrogens is 1. The normalized spacial score (nSPS) is 18.4. The van der Waals surface area contributed by atoms with Gasteiger partial charge in [0.05, 0.1) is 23.4 Å². The molecule has 0 spiro atoms. The van der Waals surface area contributed by atoms with E-state index in [0.29, 0.717) is 18.3 Å². The molecule has 0 amide bonds. The largest absolute Gasteiger partial charge is 0.369 e. The van der Waals surface area contributed by atoms with Crippen LogP contribution in [0.25, 0.3) is 11.0 Å². The summed E-state index contributed by atoms with van der Waals surface area (Å²) in [6.07, 6.45) is 0. The van der Waals surface area contributed by atoms with E-state index in [2.05, 4.69) is 20.3 Å². The fourth-order valence-corrected chi connectivity index (χ4v) is 3.22. The Morgan fingerprint density at radius 3 is 2.21 bits per heavy atom. The van der Waals surface area contributed by atoms with E-state index in [4.69, 9.17) is 5.73 Å². The fraction of sp³-hybridized carbons (Fsp3) is 0.0909. The number of aromatic amines is 1. The number of nitrogen functional groups attached to an aromatic ring is 1. The van der Waals surface area contributed by atoms with Crippen LogP contribution < -0.4 is 11.1 Å². The highest BCUT2D eigenvalue weighted by molar-refractivity contribution is 6.07. The van der Waals surface area contributed by atoms with Gasteiger partial charge in [0.2, 0.25) is 0 Å². The van der Waals surface area contributed by atoms with E-state index in [1.165, 1.54) is 0 Å². The molecule has 0 aliphatic carbocycles. The Labute approximate surface area is 162 Å². The average molecular weight is 371 g/mol. The zero-order valence-electron chi connectivity index (χ0n) is 15.2. The van der Waals surface area contributed by atoms with E-state index in [1.807, 2.05) is 84.9 Å². The number of hydrogen-bond acceptors (Lipinski definition) is 5. The molecule has 1 aromatic heterocycles. The van der Waals surface area contributed by atoms with Crippen molar-refractivity contribution in [2.75, 3.05) is 12.4 Å². The van der Waals surface area contributed by atoms with Crippen LogP contribution in [0.4, 0.5) is 5.95 Å². The number of aromatic nitrogens is 2. The van der Waals surface area contributed by atoms with Gasteiger partial charge in [-0.2, -0.15) is 0 Å². The molecule has 1 unspecified atom stereocenters. The van der Waals surface area contributed by atoms with Gasteiger partial charge in [0.15, 0.2) is 11.7 Å². The molecule has 28 heavy (non-hydrogen) atoms. The average Bonchev–Trinajstić information content (AvgIpc) is 3.32. The number of nitrogens with one attached hydrogen (secondary N) is 2. The van der Waals surface area contributed by atoms with Crippen LogP contribution >= 0.6 is 0 Å². The first kappa shape index (κ1) is 17.9. The highest BCUT2D eigenvalue weighted by Gasteiger charge is 2.38. The fourth-order valence-electron chi connectivity index (χ4n) is 3.22. The van der Waals surface area contributed by atoms with Crippen LogP contribution in [-0.2, 0) is 5.72 Å². The number of nitrogens with zero attached hydrogens (tertiary/aromatic N) is 2. The van der Waals surface area contributed by atoms with Crippen molar-refractivity contribution in [1.29, 1.82) is 0 Å². The Morgan fingerprint density at radius 1 is 0.857 bits per heavy atom. The lowest BCUT2D eigenvalue weighted by atomic mass is 9.93. The van der Waals surface area contributed by atoms with Crippen molar-refractivity contribution >= 4 is 22.7 Å². The number of rotatable bonds is 2. The molecule has 5 rings (SSSR count). The standard InChI is InChI=1S/C15H14N2O.C7H7N3/c18-15(13-9-5-2-6-10-13)14(16-11-17-15)12-7-3-1-4-8-12;8-7-9-5-3-1-2-4-6(5)10-7/h1-10,17-18H,11H2;1-4H,(H3,8,9,10). The molecule has 6 nitrogen and oxygen atoms in total. The van der Waals surface area contributed by atoms with Gasteiger partial charge in [-0.25, -0.2) is 4.98 Å². The molecule has 0 saturated carbocycles. The predicted octanol–water partition coefficient (Wildman–Crippen LogP) is 3.03. The second-order valence-electron chi connectivity index (χ2n) is 6.42. The number of para-hydroxylation sites is 2. The molecular weight excluding hydrogens is 350 g/mol. The first-order valence-electron chi connectivity index (χ1n) is 9.00. The topological polar surface area (TPSA) is 99.3 Å². The molecule has 5 N–H and O–H groups in total. The van der Waals surface area contributed by atoms with E-state index in [1.54, 1.807) is 0 Å². The minimum absolute atomic E-state index is 0.426. The summed E-state index contributed by atoms with van der Waals surface area (Å²) in [6, 6.07) is 27.1. The van der Waals surface area contributed by atoms with Crippen molar-refractivity contribution < 1.29 is 5.11 Å². The molecule has 0 radical (unpaired) electrons. The van der Waals surface area contributed by atoms with Gasteiger partial charge < -0.3 is 15.8 Å². The van der Waals surface area contributed by atoms with Gasteiger partial charge in [-0.15, -0.1) is 0 Å². The van der Waals surface area contributed by atoms with E-state index in [9.17, 15) is 5.11 Å². The molecule has 6 heteroatoms. The first-order chi connectivity index (χ1) is 13.7. The lowest BCUT2D eigenvalue weighted by Gasteiger charge is -2.25. The van der Waals surface area contributed by atoms with Gasteiger partial charge in [-0.1, -0.05) is 72.8 Å². The molecule has 140 valence electrons. The molecule has 0 bridgehead atoms. The Hall–Kier alpha value is -3.48. The second-order valence-corrected chi connectivity index (χ2v) is 6.42. The molecular formula is C22H21N5O. The van der Waals surface area contributed by atoms with E-state index < -0.39 is 5.72 Å². The van der Waals surface area contributed by atoms with Crippen LogP contribution in [0.3, 0.4) is 0 Å². The number of nitrogens with two attached hydrogens (primary N) is 1. The zero-order chi connectivity index (χ0) is 19.4. The molecule has 3 aromatic carbocycles. The van der Waals surface area contributed by atoms with Crippen molar-refractivity contribution in [1.82, 2.24) is 15.3 Å². The smallest absolute Gasteiger partial charge is 0.198 e. The van der Waals surface area contributed by atoms with Gasteiger partial charge in [-0.05, 0) is 12.1 Å². The monoisotopic (exact) mass is 371 g/mol. The molecule has 2 heterocycles. The van der Waals surface area contributed by atoms with Crippen LogP contribution in [0, 0.1) is 0 Å². The van der Waals surface area contributed by atoms with Crippen molar-refractivity contribution in [2.45, 2.75) is 5.72 Å². The van der Waals surface area contributed by atoms with Crippen LogP contribution in [0.1, 0.15) is 11.1 Å². The summed E-state index contributed by atoms with van der Waals surface area (Å²) in [5.74, 6) is 0.473. The maximum absolute atomic E-state index is 10.8. The van der Waals surface area contributed by atoms with Gasteiger partial charge in [0.25, 0.3) is 0 Å². The van der Waals surface area contributed by atoms with Crippen LogP contribution in [-0.4, -0.2) is 27.5 Å². The minimum Gasteiger partial charge on any atom is -0.369 e. The quantitative estimate of drug-likeness (QED) is 0.435. The summed E-state index contributed by atoms with van der Waals surface area (Å²) in [7, 11) is 0. The van der Waals surface area contributed by atoms with E-state index in [0.717, 1.165) is 22.2 Å². The maximum atomic E-state index is 10.8. The summed E-state index contributed by atoms with van der Waals surface area (Å²) in [4.78, 5) is 11.4. The number of benzene rings is 3. The van der Waals surface area contributed by atoms with Gasteiger partial charge in [0, 0.05) is 11.1 Å². The molecule has 1 atom stereocenters. The lowest BCUT2D eigenvalue weighted by molar-refractivity contribution is 0.0854. The van der Waals surface area contributed by atoms with Crippen molar-refractivity contribution in [3.8, 4) is 0 Å².